The van der Waals surface area contributed by atoms with E-state index in [0.29, 0.717) is 49.1 Å². The first-order valence-corrected chi connectivity index (χ1v) is 12.8. The van der Waals surface area contributed by atoms with E-state index in [2.05, 4.69) is 4.90 Å². The van der Waals surface area contributed by atoms with Crippen LogP contribution < -0.4 is 14.5 Å². The minimum atomic E-state index is -0.534. The topological polar surface area (TPSA) is 53.1 Å². The van der Waals surface area contributed by atoms with E-state index in [0.717, 1.165) is 11.3 Å². The van der Waals surface area contributed by atoms with Gasteiger partial charge in [0, 0.05) is 49.0 Å². The van der Waals surface area contributed by atoms with Crippen molar-refractivity contribution in [2.75, 3.05) is 43.1 Å². The number of rotatable bonds is 5. The van der Waals surface area contributed by atoms with Gasteiger partial charge in [-0.15, -0.1) is 0 Å². The SMILES string of the molecule is COc1ccc(N2C(=O)CCC(C(=O)N3CCN(c4cccc(Cl)c4)CC3)C2c2ccc(F)cc2)cc1. The van der Waals surface area contributed by atoms with Crippen LogP contribution in [0.5, 0.6) is 5.75 Å². The number of carbonyl (C=O) groups excluding carboxylic acids is 2. The van der Waals surface area contributed by atoms with Crippen molar-refractivity contribution < 1.29 is 18.7 Å². The van der Waals surface area contributed by atoms with Crippen LogP contribution in [-0.2, 0) is 9.59 Å². The second kappa shape index (κ2) is 10.8. The number of ether oxygens (including phenoxy) is 1. The number of nitrogens with zero attached hydrogens (tertiary/aromatic N) is 3. The number of anilines is 2. The Morgan fingerprint density at radius 3 is 2.30 bits per heavy atom. The standard InChI is InChI=1S/C29H29ClFN3O3/c1-37-25-11-9-23(10-12-25)34-27(35)14-13-26(28(34)20-5-7-22(31)8-6-20)29(36)33-17-15-32(16-18-33)24-4-2-3-21(30)19-24/h2-12,19,26,28H,13-18H2,1H3. The van der Waals surface area contributed by atoms with Crippen LogP contribution in [-0.4, -0.2) is 50.0 Å². The molecule has 0 bridgehead atoms. The summed E-state index contributed by atoms with van der Waals surface area (Å²) in [5.74, 6) is -0.165. The highest BCUT2D eigenvalue weighted by molar-refractivity contribution is 6.30. The number of halogens is 2. The average molecular weight is 522 g/mol. The van der Waals surface area contributed by atoms with E-state index in [-0.39, 0.29) is 24.1 Å². The lowest BCUT2D eigenvalue weighted by molar-refractivity contribution is -0.138. The van der Waals surface area contributed by atoms with Gasteiger partial charge in [-0.25, -0.2) is 4.39 Å². The van der Waals surface area contributed by atoms with Gasteiger partial charge in [0.05, 0.1) is 19.1 Å². The molecular formula is C29H29ClFN3O3. The third-order valence-electron chi connectivity index (χ3n) is 7.24. The average Bonchev–Trinajstić information content (AvgIpc) is 2.93. The van der Waals surface area contributed by atoms with E-state index in [4.69, 9.17) is 16.3 Å². The van der Waals surface area contributed by atoms with Gasteiger partial charge in [-0.05, 0) is 66.6 Å². The van der Waals surface area contributed by atoms with Gasteiger partial charge in [0.15, 0.2) is 0 Å². The number of piperidine rings is 1. The summed E-state index contributed by atoms with van der Waals surface area (Å²) in [6.45, 7) is 2.55. The highest BCUT2D eigenvalue weighted by Crippen LogP contribution is 2.41. The second-order valence-electron chi connectivity index (χ2n) is 9.40. The normalized spacial score (nSPS) is 20.2. The Bertz CT molecular complexity index is 1260. The summed E-state index contributed by atoms with van der Waals surface area (Å²) < 4.78 is 19.1. The molecule has 2 heterocycles. The lowest BCUT2D eigenvalue weighted by Crippen LogP contribution is -2.54. The number of hydrogen-bond acceptors (Lipinski definition) is 4. The zero-order valence-corrected chi connectivity index (χ0v) is 21.4. The fourth-order valence-electron chi connectivity index (χ4n) is 5.33. The predicted molar refractivity (Wildman–Crippen MR) is 143 cm³/mol. The maximum Gasteiger partial charge on any atom is 0.228 e. The number of methoxy groups -OCH3 is 1. The molecule has 6 nitrogen and oxygen atoms in total. The van der Waals surface area contributed by atoms with Gasteiger partial charge in [-0.1, -0.05) is 29.8 Å². The van der Waals surface area contributed by atoms with Crippen molar-refractivity contribution in [3.63, 3.8) is 0 Å². The number of benzene rings is 3. The summed E-state index contributed by atoms with van der Waals surface area (Å²) in [5, 5.41) is 0.684. The Morgan fingerprint density at radius 1 is 0.946 bits per heavy atom. The molecule has 0 N–H and O–H groups in total. The van der Waals surface area contributed by atoms with Gasteiger partial charge in [0.2, 0.25) is 11.8 Å². The Labute approximate surface area is 221 Å². The quantitative estimate of drug-likeness (QED) is 0.456. The molecule has 2 aliphatic rings. The molecule has 2 atom stereocenters. The maximum atomic E-state index is 13.9. The molecule has 3 aromatic rings. The van der Waals surface area contributed by atoms with Crippen LogP contribution in [0.15, 0.2) is 72.8 Å². The first kappa shape index (κ1) is 25.1. The number of hydrogen-bond donors (Lipinski definition) is 0. The minimum Gasteiger partial charge on any atom is -0.497 e. The lowest BCUT2D eigenvalue weighted by Gasteiger charge is -2.44. The summed E-state index contributed by atoms with van der Waals surface area (Å²) in [5.41, 5.74) is 2.46. The van der Waals surface area contributed by atoms with Crippen LogP contribution in [0.2, 0.25) is 5.02 Å². The van der Waals surface area contributed by atoms with Crippen molar-refractivity contribution in [1.29, 1.82) is 0 Å². The van der Waals surface area contributed by atoms with Gasteiger partial charge in [-0.3, -0.25) is 9.59 Å². The van der Waals surface area contributed by atoms with Crippen molar-refractivity contribution in [2.45, 2.75) is 18.9 Å². The summed E-state index contributed by atoms with van der Waals surface area (Å²) in [4.78, 5) is 33.0. The second-order valence-corrected chi connectivity index (χ2v) is 9.83. The van der Waals surface area contributed by atoms with Gasteiger partial charge < -0.3 is 19.4 Å². The van der Waals surface area contributed by atoms with Crippen molar-refractivity contribution in [3.05, 3.63) is 89.2 Å². The van der Waals surface area contributed by atoms with E-state index < -0.39 is 12.0 Å². The molecule has 0 spiro atoms. The summed E-state index contributed by atoms with van der Waals surface area (Å²) in [6.07, 6.45) is 0.712. The summed E-state index contributed by atoms with van der Waals surface area (Å²) in [7, 11) is 1.59. The van der Waals surface area contributed by atoms with Gasteiger partial charge >= 0.3 is 0 Å². The fraction of sp³-hybridized carbons (Fsp3) is 0.310. The monoisotopic (exact) mass is 521 g/mol. The molecule has 0 saturated carbocycles. The highest BCUT2D eigenvalue weighted by atomic mass is 35.5. The first-order chi connectivity index (χ1) is 17.9. The molecular weight excluding hydrogens is 493 g/mol. The molecule has 3 aromatic carbocycles. The van der Waals surface area contributed by atoms with Crippen molar-refractivity contribution in [3.8, 4) is 5.75 Å². The number of piperazine rings is 1. The Kier molecular flexibility index (Phi) is 7.33. The van der Waals surface area contributed by atoms with Crippen LogP contribution in [0.3, 0.4) is 0 Å². The van der Waals surface area contributed by atoms with E-state index in [9.17, 15) is 14.0 Å². The molecule has 0 aromatic heterocycles. The van der Waals surface area contributed by atoms with Crippen molar-refractivity contribution in [1.82, 2.24) is 4.90 Å². The maximum absolute atomic E-state index is 13.9. The predicted octanol–water partition coefficient (Wildman–Crippen LogP) is 5.32. The van der Waals surface area contributed by atoms with Gasteiger partial charge in [-0.2, -0.15) is 0 Å². The molecule has 8 heteroatoms. The van der Waals surface area contributed by atoms with Crippen LogP contribution in [0.25, 0.3) is 0 Å². The molecule has 5 rings (SSSR count). The number of carbonyl (C=O) groups is 2. The molecule has 2 saturated heterocycles. The van der Waals surface area contributed by atoms with Crippen molar-refractivity contribution >= 4 is 34.8 Å². The van der Waals surface area contributed by atoms with Crippen LogP contribution >= 0.6 is 11.6 Å². The largest absolute Gasteiger partial charge is 0.497 e. The zero-order valence-electron chi connectivity index (χ0n) is 20.6. The van der Waals surface area contributed by atoms with E-state index in [1.54, 1.807) is 36.3 Å². The molecule has 2 amide bonds. The van der Waals surface area contributed by atoms with E-state index in [1.165, 1.54) is 12.1 Å². The Hall–Kier alpha value is -3.58. The highest BCUT2D eigenvalue weighted by Gasteiger charge is 2.43. The van der Waals surface area contributed by atoms with Crippen LogP contribution in [0.1, 0.15) is 24.4 Å². The van der Waals surface area contributed by atoms with E-state index >= 15 is 0 Å². The molecule has 2 fully saturated rings. The number of amides is 2. The first-order valence-electron chi connectivity index (χ1n) is 12.5. The molecule has 2 unspecified atom stereocenters. The molecule has 192 valence electrons. The third-order valence-corrected chi connectivity index (χ3v) is 7.48. The van der Waals surface area contributed by atoms with Crippen LogP contribution in [0, 0.1) is 11.7 Å². The summed E-state index contributed by atoms with van der Waals surface area (Å²) in [6, 6.07) is 20.5. The molecule has 37 heavy (non-hydrogen) atoms. The fourth-order valence-corrected chi connectivity index (χ4v) is 5.52. The van der Waals surface area contributed by atoms with Crippen molar-refractivity contribution in [2.24, 2.45) is 5.92 Å². The van der Waals surface area contributed by atoms with Gasteiger partial charge in [0.1, 0.15) is 11.6 Å². The van der Waals surface area contributed by atoms with Crippen LogP contribution in [0.4, 0.5) is 15.8 Å². The molecule has 0 radical (unpaired) electrons. The zero-order chi connectivity index (χ0) is 25.9. The third kappa shape index (κ3) is 5.27. The Morgan fingerprint density at radius 2 is 1.65 bits per heavy atom. The summed E-state index contributed by atoms with van der Waals surface area (Å²) >= 11 is 6.17. The van der Waals surface area contributed by atoms with E-state index in [1.807, 2.05) is 41.3 Å². The molecule has 2 aliphatic heterocycles. The lowest BCUT2D eigenvalue weighted by atomic mass is 9.82. The Balaban J connectivity index is 1.41. The molecule has 0 aliphatic carbocycles. The minimum absolute atomic E-state index is 0.0195. The van der Waals surface area contributed by atoms with Gasteiger partial charge in [0.25, 0.3) is 0 Å². The smallest absolute Gasteiger partial charge is 0.228 e.